The summed E-state index contributed by atoms with van der Waals surface area (Å²) in [5, 5.41) is 3.89. The molecule has 3 rings (SSSR count). The third-order valence-corrected chi connectivity index (χ3v) is 5.51. The molecule has 0 bridgehead atoms. The molecule has 1 amide bonds. The number of rotatable bonds is 3. The first-order valence-electron chi connectivity index (χ1n) is 9.27. The van der Waals surface area contributed by atoms with Crippen molar-refractivity contribution in [2.24, 2.45) is 11.8 Å². The molecule has 0 saturated carbocycles. The molecular weight excluding hydrogens is 304 g/mol. The Hall–Kier alpha value is -1.43. The van der Waals surface area contributed by atoms with Crippen LogP contribution in [0.1, 0.15) is 57.7 Å². The second-order valence-corrected chi connectivity index (χ2v) is 7.86. The van der Waals surface area contributed by atoms with Crippen molar-refractivity contribution >= 4 is 5.91 Å². The lowest BCUT2D eigenvalue weighted by Crippen LogP contribution is -2.52. The Labute approximate surface area is 144 Å². The predicted molar refractivity (Wildman–Crippen MR) is 91.6 cm³/mol. The van der Waals surface area contributed by atoms with Gasteiger partial charge in [-0.2, -0.15) is 4.98 Å². The van der Waals surface area contributed by atoms with Crippen molar-refractivity contribution in [3.05, 3.63) is 11.7 Å². The molecular formula is C18H30N4O2. The highest BCUT2D eigenvalue weighted by atomic mass is 16.5. The van der Waals surface area contributed by atoms with E-state index in [1.54, 1.807) is 0 Å². The fraction of sp³-hybridized carbons (Fsp3) is 0.833. The first-order chi connectivity index (χ1) is 11.4. The van der Waals surface area contributed by atoms with Gasteiger partial charge in [-0.25, -0.2) is 0 Å². The van der Waals surface area contributed by atoms with E-state index in [2.05, 4.69) is 40.7 Å². The van der Waals surface area contributed by atoms with Gasteiger partial charge < -0.3 is 9.42 Å². The van der Waals surface area contributed by atoms with Crippen molar-refractivity contribution in [2.75, 3.05) is 26.2 Å². The summed E-state index contributed by atoms with van der Waals surface area (Å²) in [6.45, 7) is 12.1. The van der Waals surface area contributed by atoms with Crippen LogP contribution in [0.3, 0.4) is 0 Å². The summed E-state index contributed by atoms with van der Waals surface area (Å²) in [5.41, 5.74) is 0. The molecule has 1 aromatic heterocycles. The molecule has 0 aliphatic carbocycles. The minimum absolute atomic E-state index is 0.0344. The smallest absolute Gasteiger partial charge is 0.239 e. The quantitative estimate of drug-likeness (QED) is 0.849. The Morgan fingerprint density at radius 2 is 1.83 bits per heavy atom. The molecule has 3 heterocycles. The van der Waals surface area contributed by atoms with E-state index in [0.717, 1.165) is 44.9 Å². The molecule has 2 aliphatic rings. The van der Waals surface area contributed by atoms with E-state index in [0.29, 0.717) is 29.5 Å². The van der Waals surface area contributed by atoms with Gasteiger partial charge in [-0.15, -0.1) is 0 Å². The predicted octanol–water partition coefficient (Wildman–Crippen LogP) is 2.45. The number of piperidine rings is 2. The van der Waals surface area contributed by atoms with Gasteiger partial charge in [0.25, 0.3) is 0 Å². The van der Waals surface area contributed by atoms with Crippen LogP contribution in [0.5, 0.6) is 0 Å². The van der Waals surface area contributed by atoms with Gasteiger partial charge in [-0.1, -0.05) is 19.0 Å². The van der Waals surface area contributed by atoms with Crippen LogP contribution in [0.2, 0.25) is 0 Å². The van der Waals surface area contributed by atoms with Crippen molar-refractivity contribution in [2.45, 2.75) is 58.9 Å². The van der Waals surface area contributed by atoms with E-state index >= 15 is 0 Å². The third kappa shape index (κ3) is 3.79. The Balaban J connectivity index is 1.54. The van der Waals surface area contributed by atoms with Gasteiger partial charge in [-0.05, 0) is 58.0 Å². The summed E-state index contributed by atoms with van der Waals surface area (Å²) in [6.07, 6.45) is 3.19. The Morgan fingerprint density at radius 3 is 2.38 bits per heavy atom. The number of aromatic nitrogens is 2. The first-order valence-corrected chi connectivity index (χ1v) is 9.27. The summed E-state index contributed by atoms with van der Waals surface area (Å²) in [6, 6.07) is -0.0344. The maximum absolute atomic E-state index is 12.9. The topological polar surface area (TPSA) is 62.5 Å². The summed E-state index contributed by atoms with van der Waals surface area (Å²) in [4.78, 5) is 21.6. The standard InChI is InChI=1S/C18H30N4O2/c1-12-9-13(2)11-22(10-12)18(23)14(3)21-7-5-16(6-8-21)17-19-15(4)20-24-17/h12-14,16H,5-11H2,1-4H3/t12-,13+,14-/m0/s1. The van der Waals surface area contributed by atoms with Crippen molar-refractivity contribution in [1.82, 2.24) is 19.9 Å². The molecule has 0 unspecified atom stereocenters. The molecule has 2 saturated heterocycles. The van der Waals surface area contributed by atoms with Gasteiger partial charge in [0.2, 0.25) is 11.8 Å². The maximum Gasteiger partial charge on any atom is 0.239 e. The maximum atomic E-state index is 12.9. The highest BCUT2D eigenvalue weighted by Crippen LogP contribution is 2.28. The van der Waals surface area contributed by atoms with E-state index in [-0.39, 0.29) is 6.04 Å². The van der Waals surface area contributed by atoms with Crippen molar-refractivity contribution in [3.63, 3.8) is 0 Å². The van der Waals surface area contributed by atoms with Gasteiger partial charge in [0.15, 0.2) is 5.82 Å². The van der Waals surface area contributed by atoms with E-state index in [4.69, 9.17) is 4.52 Å². The zero-order valence-electron chi connectivity index (χ0n) is 15.4. The van der Waals surface area contributed by atoms with Crippen LogP contribution < -0.4 is 0 Å². The van der Waals surface area contributed by atoms with Gasteiger partial charge in [-0.3, -0.25) is 9.69 Å². The van der Waals surface area contributed by atoms with Crippen molar-refractivity contribution < 1.29 is 9.32 Å². The lowest BCUT2D eigenvalue weighted by Gasteiger charge is -2.40. The van der Waals surface area contributed by atoms with Gasteiger partial charge in [0.05, 0.1) is 6.04 Å². The van der Waals surface area contributed by atoms with E-state index < -0.39 is 0 Å². The monoisotopic (exact) mass is 334 g/mol. The highest BCUT2D eigenvalue weighted by Gasteiger charge is 2.33. The first kappa shape index (κ1) is 17.4. The van der Waals surface area contributed by atoms with Crippen molar-refractivity contribution in [1.29, 1.82) is 0 Å². The molecule has 134 valence electrons. The lowest BCUT2D eigenvalue weighted by atomic mass is 9.91. The highest BCUT2D eigenvalue weighted by molar-refractivity contribution is 5.81. The van der Waals surface area contributed by atoms with Crippen LogP contribution in [0.15, 0.2) is 4.52 Å². The minimum atomic E-state index is -0.0344. The molecule has 3 atom stereocenters. The number of likely N-dealkylation sites (tertiary alicyclic amines) is 2. The summed E-state index contributed by atoms with van der Waals surface area (Å²) < 4.78 is 5.31. The molecule has 24 heavy (non-hydrogen) atoms. The van der Waals surface area contributed by atoms with E-state index in [9.17, 15) is 4.79 Å². The zero-order chi connectivity index (χ0) is 17.3. The number of aryl methyl sites for hydroxylation is 1. The van der Waals surface area contributed by atoms with Crippen LogP contribution >= 0.6 is 0 Å². The SMILES string of the molecule is Cc1noc(C2CCN([C@@H](C)C(=O)N3C[C@H](C)C[C@H](C)C3)CC2)n1. The Kier molecular flexibility index (Phi) is 5.23. The average molecular weight is 334 g/mol. The van der Waals surface area contributed by atoms with Crippen LogP contribution in [-0.2, 0) is 4.79 Å². The largest absolute Gasteiger partial charge is 0.341 e. The number of carbonyl (C=O) groups excluding carboxylic acids is 1. The lowest BCUT2D eigenvalue weighted by molar-refractivity contribution is -0.139. The van der Waals surface area contributed by atoms with Gasteiger partial charge in [0, 0.05) is 19.0 Å². The van der Waals surface area contributed by atoms with Crippen LogP contribution in [0.4, 0.5) is 0 Å². The fourth-order valence-corrected chi connectivity index (χ4v) is 4.28. The summed E-state index contributed by atoms with van der Waals surface area (Å²) >= 11 is 0. The fourth-order valence-electron chi connectivity index (χ4n) is 4.28. The van der Waals surface area contributed by atoms with Gasteiger partial charge in [0.1, 0.15) is 0 Å². The minimum Gasteiger partial charge on any atom is -0.341 e. The number of hydrogen-bond donors (Lipinski definition) is 0. The molecule has 0 N–H and O–H groups in total. The average Bonchev–Trinajstić information content (AvgIpc) is 2.99. The molecule has 0 aromatic carbocycles. The number of nitrogens with zero attached hydrogens (tertiary/aromatic N) is 4. The molecule has 6 nitrogen and oxygen atoms in total. The van der Waals surface area contributed by atoms with Gasteiger partial charge >= 0.3 is 0 Å². The Morgan fingerprint density at radius 1 is 1.21 bits per heavy atom. The van der Waals surface area contributed by atoms with Crippen LogP contribution in [-0.4, -0.2) is 58.1 Å². The molecule has 0 radical (unpaired) electrons. The van der Waals surface area contributed by atoms with E-state index in [1.165, 1.54) is 6.42 Å². The molecule has 2 aliphatic heterocycles. The third-order valence-electron chi connectivity index (χ3n) is 5.51. The number of hydrogen-bond acceptors (Lipinski definition) is 5. The van der Waals surface area contributed by atoms with Crippen LogP contribution in [0.25, 0.3) is 0 Å². The molecule has 0 spiro atoms. The van der Waals surface area contributed by atoms with Crippen LogP contribution in [0, 0.1) is 18.8 Å². The second-order valence-electron chi connectivity index (χ2n) is 7.86. The Bertz CT molecular complexity index is 555. The summed E-state index contributed by atoms with van der Waals surface area (Å²) in [7, 11) is 0. The number of carbonyl (C=O) groups is 1. The molecule has 2 fully saturated rings. The normalized spacial score (nSPS) is 28.1. The van der Waals surface area contributed by atoms with E-state index in [1.807, 2.05) is 6.92 Å². The molecule has 6 heteroatoms. The number of amides is 1. The van der Waals surface area contributed by atoms with Crippen molar-refractivity contribution in [3.8, 4) is 0 Å². The molecule has 1 aromatic rings. The zero-order valence-corrected chi connectivity index (χ0v) is 15.4. The summed E-state index contributed by atoms with van der Waals surface area (Å²) in [5.74, 6) is 3.29. The second kappa shape index (κ2) is 7.21.